The largest absolute Gasteiger partial charge is 0.300 e. The van der Waals surface area contributed by atoms with Gasteiger partial charge < -0.3 is 0 Å². The lowest BCUT2D eigenvalue weighted by atomic mass is 9.67. The van der Waals surface area contributed by atoms with Gasteiger partial charge in [0, 0.05) is 25.7 Å². The van der Waals surface area contributed by atoms with Crippen LogP contribution in [0.3, 0.4) is 0 Å². The first-order valence-corrected chi connectivity index (χ1v) is 27.8. The number of carbonyl (C=O) groups is 2. The van der Waals surface area contributed by atoms with E-state index in [2.05, 4.69) is 121 Å². The molecule has 13 aliphatic carbocycles. The molecule has 4 aromatic rings. The minimum atomic E-state index is 0.546. The zero-order valence-corrected chi connectivity index (χ0v) is 40.2. The molecule has 0 amide bonds. The predicted molar refractivity (Wildman–Crippen MR) is 270 cm³/mol. The highest BCUT2D eigenvalue weighted by atomic mass is 16.1. The summed E-state index contributed by atoms with van der Waals surface area (Å²) in [5, 5.41) is 0. The fourth-order valence-electron chi connectivity index (χ4n) is 17.5. The molecule has 0 spiro atoms. The molecule has 0 radical (unpaired) electrons. The summed E-state index contributed by atoms with van der Waals surface area (Å²) in [6, 6.07) is 46.6. The van der Waals surface area contributed by atoms with Gasteiger partial charge >= 0.3 is 0 Å². The van der Waals surface area contributed by atoms with Crippen molar-refractivity contribution in [3.63, 3.8) is 0 Å². The van der Waals surface area contributed by atoms with Gasteiger partial charge in [0.15, 0.2) is 0 Å². The van der Waals surface area contributed by atoms with Crippen molar-refractivity contribution >= 4 is 11.6 Å². The lowest BCUT2D eigenvalue weighted by molar-refractivity contribution is -0.122. The summed E-state index contributed by atoms with van der Waals surface area (Å²) in [5.41, 5.74) is 6.20. The van der Waals surface area contributed by atoms with Crippen LogP contribution in [0, 0.1) is 71.0 Å². The SMILES string of the molecule is O=C1CC2CCC(CC2)C2CC(C3CCC(CC3)CC(=O)CC3CCC(CC3)C3CC(C4CCC(CC4)C1)C(c1ccccc1)C3c1ccccc1)C(c1ccccc1)C2c1ccccc1. The van der Waals surface area contributed by atoms with E-state index in [1.165, 1.54) is 116 Å². The summed E-state index contributed by atoms with van der Waals surface area (Å²) in [6.07, 6.45) is 26.1. The van der Waals surface area contributed by atoms with Gasteiger partial charge in [0.25, 0.3) is 0 Å². The van der Waals surface area contributed by atoms with Crippen molar-refractivity contribution in [2.24, 2.45) is 71.0 Å². The predicted octanol–water partition coefficient (Wildman–Crippen LogP) is 16.3. The standard InChI is InChI=1S/C64H80O2/c65-55-37-43-21-29-47(30-22-43)57-41-58(62(52-15-7-2-8-16-52)61(57)51-13-5-1-6-14-51)48-31-23-44(24-32-48)38-56(66)40-46-27-35-50(36-28-46)60-42-59(49-33-25-45(39-55)26-34-49)63(53-17-9-3-10-18-53)64(60)54-19-11-4-12-20-54/h1-20,43-50,57-64H,21-42H2. The van der Waals surface area contributed by atoms with E-state index in [0.717, 1.165) is 49.4 Å². The van der Waals surface area contributed by atoms with Crippen molar-refractivity contribution < 1.29 is 9.59 Å². The van der Waals surface area contributed by atoms with Gasteiger partial charge in [0.05, 0.1) is 0 Å². The van der Waals surface area contributed by atoms with E-state index in [-0.39, 0.29) is 0 Å². The molecule has 2 nitrogen and oxygen atoms in total. The van der Waals surface area contributed by atoms with Crippen LogP contribution in [0.4, 0.5) is 0 Å². The van der Waals surface area contributed by atoms with Crippen molar-refractivity contribution in [2.75, 3.05) is 0 Å². The third kappa shape index (κ3) is 9.61. The maximum absolute atomic E-state index is 14.0. The summed E-state index contributed by atoms with van der Waals surface area (Å²) in [7, 11) is 0. The van der Waals surface area contributed by atoms with E-state index in [9.17, 15) is 9.59 Å². The van der Waals surface area contributed by atoms with Crippen LogP contribution in [0.15, 0.2) is 121 Å². The molecule has 4 aromatic carbocycles. The Labute approximate surface area is 398 Å². The number of hydrogen-bond acceptors (Lipinski definition) is 2. The molecule has 17 rings (SSSR count). The van der Waals surface area contributed by atoms with Gasteiger partial charge in [0.1, 0.15) is 11.6 Å². The Bertz CT molecular complexity index is 1840. The Morgan fingerprint density at radius 2 is 0.455 bits per heavy atom. The Hall–Kier alpha value is -3.78. The number of benzene rings is 4. The average molecular weight is 881 g/mol. The Morgan fingerprint density at radius 3 is 0.652 bits per heavy atom. The zero-order valence-electron chi connectivity index (χ0n) is 40.2. The molecular formula is C64H80O2. The van der Waals surface area contributed by atoms with E-state index in [4.69, 9.17) is 0 Å². The minimum Gasteiger partial charge on any atom is -0.300 e. The molecule has 348 valence electrons. The molecule has 0 saturated heterocycles. The van der Waals surface area contributed by atoms with Crippen LogP contribution in [0.2, 0.25) is 0 Å². The smallest absolute Gasteiger partial charge is 0.133 e. The van der Waals surface area contributed by atoms with Gasteiger partial charge in [-0.2, -0.15) is 0 Å². The summed E-state index contributed by atoms with van der Waals surface area (Å²) in [6.45, 7) is 0. The zero-order chi connectivity index (χ0) is 44.4. The van der Waals surface area contributed by atoms with E-state index >= 15 is 0 Å². The van der Waals surface area contributed by atoms with E-state index in [1.807, 2.05) is 0 Å². The molecule has 0 heterocycles. The quantitative estimate of drug-likeness (QED) is 0.205. The van der Waals surface area contributed by atoms with Crippen molar-refractivity contribution in [3.05, 3.63) is 144 Å². The van der Waals surface area contributed by atoms with Crippen molar-refractivity contribution in [1.82, 2.24) is 0 Å². The minimum absolute atomic E-state index is 0.546. The lowest BCUT2D eigenvalue weighted by Crippen LogP contribution is -2.27. The molecule has 8 unspecified atom stereocenters. The number of hydrogen-bond donors (Lipinski definition) is 0. The highest BCUT2D eigenvalue weighted by Crippen LogP contribution is 2.63. The third-order valence-electron chi connectivity index (χ3n) is 20.5. The number of Topliss-reactive ketones (excluding diaryl/α,β-unsaturated/α-hetero) is 2. The second-order valence-electron chi connectivity index (χ2n) is 23.9. The van der Waals surface area contributed by atoms with Crippen LogP contribution >= 0.6 is 0 Å². The molecule has 0 aliphatic heterocycles. The molecule has 66 heavy (non-hydrogen) atoms. The molecule has 0 aromatic heterocycles. The van der Waals surface area contributed by atoms with Gasteiger partial charge in [-0.25, -0.2) is 0 Å². The van der Waals surface area contributed by atoms with Crippen molar-refractivity contribution in [1.29, 1.82) is 0 Å². The van der Waals surface area contributed by atoms with E-state index < -0.39 is 0 Å². The van der Waals surface area contributed by atoms with E-state index in [1.54, 1.807) is 22.3 Å². The average Bonchev–Trinajstić information content (AvgIpc) is 3.97. The van der Waals surface area contributed by atoms with Crippen LogP contribution in [-0.4, -0.2) is 11.6 Å². The van der Waals surface area contributed by atoms with Crippen molar-refractivity contribution in [3.8, 4) is 0 Å². The number of ketones is 2. The molecule has 2 heteroatoms. The van der Waals surface area contributed by atoms with Crippen LogP contribution < -0.4 is 0 Å². The molecule has 13 fully saturated rings. The number of rotatable bonds is 4. The third-order valence-corrected chi connectivity index (χ3v) is 20.5. The van der Waals surface area contributed by atoms with Crippen LogP contribution in [0.1, 0.15) is 187 Å². The highest BCUT2D eigenvalue weighted by Gasteiger charge is 2.52. The molecular weight excluding hydrogens is 801 g/mol. The monoisotopic (exact) mass is 881 g/mol. The molecule has 12 bridgehead atoms. The fraction of sp³-hybridized carbons (Fsp3) is 0.594. The first-order valence-electron chi connectivity index (χ1n) is 27.8. The van der Waals surface area contributed by atoms with Crippen LogP contribution in [0.5, 0.6) is 0 Å². The van der Waals surface area contributed by atoms with Gasteiger partial charge in [0.2, 0.25) is 0 Å². The first-order chi connectivity index (χ1) is 32.5. The molecule has 0 N–H and O–H groups in total. The topological polar surface area (TPSA) is 34.1 Å². The van der Waals surface area contributed by atoms with Gasteiger partial charge in [-0.3, -0.25) is 9.59 Å². The Balaban J connectivity index is 0.850. The second-order valence-corrected chi connectivity index (χ2v) is 23.9. The second kappa shape index (κ2) is 20.4. The van der Waals surface area contributed by atoms with Gasteiger partial charge in [-0.05, 0) is 233 Å². The fourth-order valence-corrected chi connectivity index (χ4v) is 17.5. The van der Waals surface area contributed by atoms with Gasteiger partial charge in [-0.15, -0.1) is 0 Å². The summed E-state index contributed by atoms with van der Waals surface area (Å²) < 4.78 is 0. The molecule has 13 saturated carbocycles. The van der Waals surface area contributed by atoms with Crippen LogP contribution in [-0.2, 0) is 9.59 Å². The van der Waals surface area contributed by atoms with Crippen molar-refractivity contribution in [2.45, 2.75) is 165 Å². The number of carbonyl (C=O) groups excluding carboxylic acids is 2. The maximum Gasteiger partial charge on any atom is 0.133 e. The first kappa shape index (κ1) is 44.7. The molecule has 8 atom stereocenters. The van der Waals surface area contributed by atoms with Gasteiger partial charge in [-0.1, -0.05) is 121 Å². The van der Waals surface area contributed by atoms with Crippen LogP contribution in [0.25, 0.3) is 0 Å². The summed E-state index contributed by atoms with van der Waals surface area (Å²) >= 11 is 0. The maximum atomic E-state index is 14.0. The lowest BCUT2D eigenvalue weighted by Gasteiger charge is -2.38. The Morgan fingerprint density at radius 1 is 0.258 bits per heavy atom. The highest BCUT2D eigenvalue weighted by molar-refractivity contribution is 5.79. The molecule has 13 aliphatic rings. The normalized spacial score (nSPS) is 38.8. The summed E-state index contributed by atoms with van der Waals surface area (Å²) in [4.78, 5) is 28.1. The summed E-state index contributed by atoms with van der Waals surface area (Å²) in [5.74, 6) is 11.3. The van der Waals surface area contributed by atoms with E-state index in [0.29, 0.717) is 82.6 Å². The Kier molecular flexibility index (Phi) is 13.8.